The zero-order chi connectivity index (χ0) is 23.7. The van der Waals surface area contributed by atoms with Crippen molar-refractivity contribution in [3.8, 4) is 11.3 Å². The van der Waals surface area contributed by atoms with E-state index in [-0.39, 0.29) is 11.5 Å². The van der Waals surface area contributed by atoms with E-state index >= 15 is 0 Å². The van der Waals surface area contributed by atoms with E-state index in [1.54, 1.807) is 42.5 Å². The predicted octanol–water partition coefficient (Wildman–Crippen LogP) is 5.86. The number of rotatable bonds is 5. The number of fused-ring (bicyclic) bond motifs is 1. The number of hydrogen-bond donors (Lipinski definition) is 0. The number of esters is 1. The summed E-state index contributed by atoms with van der Waals surface area (Å²) >= 11 is 9.70. The molecule has 4 aromatic rings. The number of aromatic nitrogens is 2. The Morgan fingerprint density at radius 3 is 2.73 bits per heavy atom. The van der Waals surface area contributed by atoms with E-state index in [2.05, 4.69) is 26.0 Å². The molecule has 2 heterocycles. The second-order valence-electron chi connectivity index (χ2n) is 7.54. The van der Waals surface area contributed by atoms with Crippen molar-refractivity contribution in [3.63, 3.8) is 0 Å². The van der Waals surface area contributed by atoms with Gasteiger partial charge in [0.2, 0.25) is 0 Å². The van der Waals surface area contributed by atoms with Gasteiger partial charge in [-0.15, -0.1) is 0 Å². The second kappa shape index (κ2) is 9.33. The fourth-order valence-electron chi connectivity index (χ4n) is 3.29. The van der Waals surface area contributed by atoms with E-state index in [0.29, 0.717) is 44.4 Å². The van der Waals surface area contributed by atoms with Gasteiger partial charge in [-0.2, -0.15) is 9.78 Å². The van der Waals surface area contributed by atoms with Crippen LogP contribution in [0.25, 0.3) is 22.2 Å². The Hall–Kier alpha value is -3.23. The Morgan fingerprint density at radius 1 is 1.21 bits per heavy atom. The summed E-state index contributed by atoms with van der Waals surface area (Å²) in [6.45, 7) is 3.89. The van der Waals surface area contributed by atoms with Gasteiger partial charge in [0.25, 0.3) is 5.56 Å². The van der Waals surface area contributed by atoms with Crippen molar-refractivity contribution in [1.82, 2.24) is 9.66 Å². The van der Waals surface area contributed by atoms with Crippen LogP contribution in [-0.2, 0) is 4.74 Å². The number of benzene rings is 2. The van der Waals surface area contributed by atoms with Crippen molar-refractivity contribution in [2.45, 2.75) is 19.8 Å². The molecule has 9 heteroatoms. The molecule has 2 aromatic heterocycles. The molecular formula is C24H19BrClN3O4. The minimum absolute atomic E-state index is 0.0325. The number of ether oxygens (including phenoxy) is 1. The molecular weight excluding hydrogens is 510 g/mol. The van der Waals surface area contributed by atoms with Gasteiger partial charge in [-0.25, -0.2) is 9.78 Å². The molecule has 168 valence electrons. The van der Waals surface area contributed by atoms with Crippen LogP contribution in [0.2, 0.25) is 5.02 Å². The molecule has 2 aromatic carbocycles. The van der Waals surface area contributed by atoms with Gasteiger partial charge in [0.15, 0.2) is 0 Å². The highest BCUT2D eigenvalue weighted by Crippen LogP contribution is 2.30. The topological polar surface area (TPSA) is 86.7 Å². The number of furan rings is 1. The van der Waals surface area contributed by atoms with Gasteiger partial charge < -0.3 is 9.15 Å². The van der Waals surface area contributed by atoms with E-state index in [1.165, 1.54) is 18.0 Å². The van der Waals surface area contributed by atoms with Crippen LogP contribution in [0.1, 0.15) is 41.7 Å². The fraction of sp³-hybridized carbons (Fsp3) is 0.167. The van der Waals surface area contributed by atoms with Crippen molar-refractivity contribution in [2.24, 2.45) is 5.10 Å². The highest BCUT2D eigenvalue weighted by Gasteiger charge is 2.15. The monoisotopic (exact) mass is 527 g/mol. The first-order valence-electron chi connectivity index (χ1n) is 10.0. The summed E-state index contributed by atoms with van der Waals surface area (Å²) < 4.78 is 12.7. The molecule has 0 fully saturated rings. The largest absolute Gasteiger partial charge is 0.465 e. The summed E-state index contributed by atoms with van der Waals surface area (Å²) in [4.78, 5) is 29.6. The number of nitrogens with zero attached hydrogens (tertiary/aromatic N) is 3. The number of carbonyl (C=O) groups excluding carboxylic acids is 1. The van der Waals surface area contributed by atoms with Crippen LogP contribution in [0.5, 0.6) is 0 Å². The number of methoxy groups -OCH3 is 1. The lowest BCUT2D eigenvalue weighted by molar-refractivity contribution is 0.0601. The van der Waals surface area contributed by atoms with E-state index in [1.807, 2.05) is 19.9 Å². The van der Waals surface area contributed by atoms with Crippen LogP contribution in [0.3, 0.4) is 0 Å². The molecule has 0 aliphatic heterocycles. The maximum absolute atomic E-state index is 13.1. The minimum atomic E-state index is -0.475. The van der Waals surface area contributed by atoms with Gasteiger partial charge in [-0.3, -0.25) is 4.79 Å². The molecule has 0 saturated heterocycles. The Balaban J connectivity index is 1.74. The minimum Gasteiger partial charge on any atom is -0.465 e. The lowest BCUT2D eigenvalue weighted by Crippen LogP contribution is -2.23. The van der Waals surface area contributed by atoms with Crippen molar-refractivity contribution in [2.75, 3.05) is 7.11 Å². The molecule has 0 amide bonds. The molecule has 0 atom stereocenters. The van der Waals surface area contributed by atoms with E-state index in [0.717, 1.165) is 4.47 Å². The maximum Gasteiger partial charge on any atom is 0.337 e. The molecule has 7 nitrogen and oxygen atoms in total. The standard InChI is InChI=1S/C24H19BrClN3O4/c1-13(2)22-28-20-8-5-15(25)11-18(20)23(30)29(22)27-12-16-6-9-21(33-16)17-10-14(24(31)32-3)4-7-19(17)26/h4-13H,1-3H3. The lowest BCUT2D eigenvalue weighted by Gasteiger charge is -2.11. The number of carbonyl (C=O) groups is 1. The first kappa shape index (κ1) is 22.9. The first-order valence-corrected chi connectivity index (χ1v) is 11.2. The van der Waals surface area contributed by atoms with Crippen molar-refractivity contribution in [1.29, 1.82) is 0 Å². The molecule has 0 aliphatic rings. The Morgan fingerprint density at radius 2 is 2.00 bits per heavy atom. The maximum atomic E-state index is 13.1. The van der Waals surface area contributed by atoms with Crippen LogP contribution in [0.4, 0.5) is 0 Å². The summed E-state index contributed by atoms with van der Waals surface area (Å²) in [6, 6.07) is 13.6. The van der Waals surface area contributed by atoms with Crippen molar-refractivity contribution in [3.05, 3.63) is 85.5 Å². The molecule has 4 rings (SSSR count). The number of halogens is 2. The average Bonchev–Trinajstić information content (AvgIpc) is 3.27. The van der Waals surface area contributed by atoms with E-state index in [9.17, 15) is 9.59 Å². The fourth-order valence-corrected chi connectivity index (χ4v) is 3.86. The van der Waals surface area contributed by atoms with Crippen molar-refractivity contribution >= 4 is 50.6 Å². The van der Waals surface area contributed by atoms with Crippen LogP contribution in [-0.4, -0.2) is 29.0 Å². The van der Waals surface area contributed by atoms with Gasteiger partial charge >= 0.3 is 5.97 Å². The zero-order valence-corrected chi connectivity index (χ0v) is 20.3. The smallest absolute Gasteiger partial charge is 0.337 e. The third-order valence-corrected chi connectivity index (χ3v) is 5.75. The van der Waals surface area contributed by atoms with E-state index in [4.69, 9.17) is 20.8 Å². The van der Waals surface area contributed by atoms with Crippen LogP contribution >= 0.6 is 27.5 Å². The average molecular weight is 529 g/mol. The SMILES string of the molecule is COC(=O)c1ccc(Cl)c(-c2ccc(C=Nn3c(C(C)C)nc4ccc(Br)cc4c3=O)o2)c1. The van der Waals surface area contributed by atoms with Crippen LogP contribution < -0.4 is 5.56 Å². The van der Waals surface area contributed by atoms with Gasteiger partial charge in [0.1, 0.15) is 17.3 Å². The highest BCUT2D eigenvalue weighted by molar-refractivity contribution is 9.10. The summed E-state index contributed by atoms with van der Waals surface area (Å²) in [5.41, 5.74) is 1.22. The molecule has 0 spiro atoms. The normalized spacial score (nSPS) is 11.6. The third-order valence-electron chi connectivity index (χ3n) is 4.93. The molecule has 0 aliphatic carbocycles. The van der Waals surface area contributed by atoms with Crippen LogP contribution in [0.15, 0.2) is 67.3 Å². The molecule has 0 radical (unpaired) electrons. The summed E-state index contributed by atoms with van der Waals surface area (Å²) in [5, 5.41) is 5.24. The third kappa shape index (κ3) is 4.62. The van der Waals surface area contributed by atoms with E-state index < -0.39 is 5.97 Å². The Kier molecular flexibility index (Phi) is 6.49. The molecule has 0 N–H and O–H groups in total. The summed E-state index contributed by atoms with van der Waals surface area (Å²) in [5.74, 6) is 0.878. The molecule has 0 bridgehead atoms. The van der Waals surface area contributed by atoms with Crippen LogP contribution in [0, 0.1) is 0 Å². The second-order valence-corrected chi connectivity index (χ2v) is 8.86. The van der Waals surface area contributed by atoms with Gasteiger partial charge in [-0.1, -0.05) is 41.4 Å². The van der Waals surface area contributed by atoms with Gasteiger partial charge in [0, 0.05) is 16.0 Å². The van der Waals surface area contributed by atoms with Crippen molar-refractivity contribution < 1.29 is 13.9 Å². The first-order chi connectivity index (χ1) is 15.8. The zero-order valence-electron chi connectivity index (χ0n) is 18.0. The Labute approximate surface area is 202 Å². The molecule has 0 saturated carbocycles. The molecule has 33 heavy (non-hydrogen) atoms. The van der Waals surface area contributed by atoms with Gasteiger partial charge in [-0.05, 0) is 48.5 Å². The summed E-state index contributed by atoms with van der Waals surface area (Å²) in [7, 11) is 1.31. The molecule has 0 unspecified atom stereocenters. The van der Waals surface area contributed by atoms with Gasteiger partial charge in [0.05, 0.1) is 34.8 Å². The highest BCUT2D eigenvalue weighted by atomic mass is 79.9. The lowest BCUT2D eigenvalue weighted by atomic mass is 10.1. The quantitative estimate of drug-likeness (QED) is 0.239. The number of hydrogen-bond acceptors (Lipinski definition) is 6. The summed E-state index contributed by atoms with van der Waals surface area (Å²) in [6.07, 6.45) is 1.44. The Bertz CT molecular complexity index is 1460. The predicted molar refractivity (Wildman–Crippen MR) is 131 cm³/mol.